The highest BCUT2D eigenvalue weighted by Crippen LogP contribution is 2.29. The third-order valence-electron chi connectivity index (χ3n) is 2.15. The molecule has 80 valence electrons. The SMILES string of the molecule is Cc1ccc(-c2csc(Cl)n2)cc1N=C=S. The molecular weight excluding hydrogens is 260 g/mol. The lowest BCUT2D eigenvalue weighted by molar-refractivity contribution is 1.37. The second-order valence-corrected chi connectivity index (χ2v) is 4.81. The summed E-state index contributed by atoms with van der Waals surface area (Å²) in [5, 5.41) is 4.29. The van der Waals surface area contributed by atoms with E-state index in [0.29, 0.717) is 4.47 Å². The van der Waals surface area contributed by atoms with Crippen LogP contribution in [-0.2, 0) is 0 Å². The maximum absolute atomic E-state index is 5.80. The Morgan fingerprint density at radius 2 is 2.31 bits per heavy atom. The van der Waals surface area contributed by atoms with E-state index in [9.17, 15) is 0 Å². The number of aliphatic imine (C=N–C) groups is 1. The summed E-state index contributed by atoms with van der Waals surface area (Å²) in [6.45, 7) is 1.98. The predicted molar refractivity (Wildman–Crippen MR) is 72.0 cm³/mol. The van der Waals surface area contributed by atoms with E-state index in [2.05, 4.69) is 27.4 Å². The van der Waals surface area contributed by atoms with E-state index in [0.717, 1.165) is 22.5 Å². The molecule has 16 heavy (non-hydrogen) atoms. The van der Waals surface area contributed by atoms with Crippen LogP contribution in [0, 0.1) is 6.92 Å². The number of rotatable bonds is 2. The highest BCUT2D eigenvalue weighted by Gasteiger charge is 2.05. The quantitative estimate of drug-likeness (QED) is 0.590. The van der Waals surface area contributed by atoms with E-state index < -0.39 is 0 Å². The predicted octanol–water partition coefficient (Wildman–Crippen LogP) is 4.51. The van der Waals surface area contributed by atoms with Gasteiger partial charge in [0.25, 0.3) is 0 Å². The summed E-state index contributed by atoms with van der Waals surface area (Å²) in [5.41, 5.74) is 3.72. The van der Waals surface area contributed by atoms with Crippen LogP contribution in [0.5, 0.6) is 0 Å². The van der Waals surface area contributed by atoms with E-state index in [-0.39, 0.29) is 0 Å². The molecule has 1 heterocycles. The topological polar surface area (TPSA) is 25.2 Å². The van der Waals surface area contributed by atoms with Gasteiger partial charge in [-0.15, -0.1) is 11.3 Å². The van der Waals surface area contributed by atoms with Crippen LogP contribution in [0.3, 0.4) is 0 Å². The number of halogens is 1. The summed E-state index contributed by atoms with van der Waals surface area (Å²) in [6, 6.07) is 5.90. The lowest BCUT2D eigenvalue weighted by Crippen LogP contribution is -1.80. The molecule has 0 aliphatic heterocycles. The third-order valence-corrected chi connectivity index (χ3v) is 3.22. The van der Waals surface area contributed by atoms with E-state index >= 15 is 0 Å². The fourth-order valence-electron chi connectivity index (χ4n) is 1.32. The van der Waals surface area contributed by atoms with Gasteiger partial charge in [0.15, 0.2) is 4.47 Å². The van der Waals surface area contributed by atoms with Crippen LogP contribution in [0.1, 0.15) is 5.56 Å². The molecule has 0 amide bonds. The van der Waals surface area contributed by atoms with Crippen molar-refractivity contribution >= 4 is 46.0 Å². The third kappa shape index (κ3) is 2.36. The first kappa shape index (κ1) is 11.4. The summed E-state index contributed by atoms with van der Waals surface area (Å²) >= 11 is 11.8. The number of aryl methyl sites for hydroxylation is 1. The molecule has 0 radical (unpaired) electrons. The molecule has 2 nitrogen and oxygen atoms in total. The Balaban J connectivity index is 2.51. The number of hydrogen-bond acceptors (Lipinski definition) is 4. The Bertz CT molecular complexity index is 571. The molecule has 0 atom stereocenters. The molecule has 0 unspecified atom stereocenters. The lowest BCUT2D eigenvalue weighted by atomic mass is 10.1. The largest absolute Gasteiger partial charge is 0.225 e. The van der Waals surface area contributed by atoms with Crippen LogP contribution in [0.2, 0.25) is 4.47 Å². The second-order valence-electron chi connectivity index (χ2n) is 3.19. The summed E-state index contributed by atoms with van der Waals surface area (Å²) in [5.74, 6) is 0. The van der Waals surface area contributed by atoms with Gasteiger partial charge in [0, 0.05) is 10.9 Å². The Morgan fingerprint density at radius 1 is 1.50 bits per heavy atom. The Labute approximate surface area is 108 Å². The Morgan fingerprint density at radius 3 is 2.94 bits per heavy atom. The number of hydrogen-bond donors (Lipinski definition) is 0. The number of thiazole rings is 1. The van der Waals surface area contributed by atoms with Crippen LogP contribution < -0.4 is 0 Å². The molecule has 0 saturated carbocycles. The maximum Gasteiger partial charge on any atom is 0.184 e. The van der Waals surface area contributed by atoms with Crippen molar-refractivity contribution in [3.63, 3.8) is 0 Å². The molecule has 0 spiro atoms. The molecule has 2 aromatic rings. The zero-order valence-electron chi connectivity index (χ0n) is 8.40. The van der Waals surface area contributed by atoms with Crippen molar-refractivity contribution in [3.05, 3.63) is 33.6 Å². The average molecular weight is 267 g/mol. The number of thiocarbonyl (C=S) groups is 1. The molecule has 0 aliphatic carbocycles. The van der Waals surface area contributed by atoms with Gasteiger partial charge in [-0.1, -0.05) is 23.7 Å². The van der Waals surface area contributed by atoms with Crippen molar-refractivity contribution in [1.82, 2.24) is 4.98 Å². The Kier molecular flexibility index (Phi) is 3.46. The minimum atomic E-state index is 0.537. The fraction of sp³-hybridized carbons (Fsp3) is 0.0909. The van der Waals surface area contributed by atoms with Gasteiger partial charge in [-0.2, -0.15) is 4.99 Å². The molecule has 5 heteroatoms. The van der Waals surface area contributed by atoms with Crippen LogP contribution in [0.25, 0.3) is 11.3 Å². The normalized spacial score (nSPS) is 9.88. The number of isothiocyanates is 1. The standard InChI is InChI=1S/C11H7ClN2S2/c1-7-2-3-8(4-9(7)13-6-15)10-5-16-11(12)14-10/h2-5H,1H3. The molecule has 0 bridgehead atoms. The minimum Gasteiger partial charge on any atom is -0.225 e. The molecule has 0 aliphatic rings. The zero-order chi connectivity index (χ0) is 11.5. The number of aromatic nitrogens is 1. The van der Waals surface area contributed by atoms with Crippen molar-refractivity contribution in [2.45, 2.75) is 6.92 Å². The highest BCUT2D eigenvalue weighted by atomic mass is 35.5. The fourth-order valence-corrected chi connectivity index (χ4v) is 2.19. The van der Waals surface area contributed by atoms with Gasteiger partial charge >= 0.3 is 0 Å². The van der Waals surface area contributed by atoms with Crippen molar-refractivity contribution in [3.8, 4) is 11.3 Å². The number of benzene rings is 1. The summed E-state index contributed by atoms with van der Waals surface area (Å²) in [4.78, 5) is 8.21. The van der Waals surface area contributed by atoms with E-state index in [1.165, 1.54) is 11.3 Å². The van der Waals surface area contributed by atoms with Crippen LogP contribution in [-0.4, -0.2) is 10.1 Å². The molecule has 0 saturated heterocycles. The van der Waals surface area contributed by atoms with Gasteiger partial charge in [-0.25, -0.2) is 4.98 Å². The van der Waals surface area contributed by atoms with Gasteiger partial charge in [-0.3, -0.25) is 0 Å². The molecular formula is C11H7ClN2S2. The van der Waals surface area contributed by atoms with Gasteiger partial charge in [0.1, 0.15) is 0 Å². The van der Waals surface area contributed by atoms with E-state index in [4.69, 9.17) is 11.6 Å². The average Bonchev–Trinajstić information content (AvgIpc) is 2.69. The zero-order valence-corrected chi connectivity index (χ0v) is 10.8. The minimum absolute atomic E-state index is 0.537. The van der Waals surface area contributed by atoms with Gasteiger partial charge < -0.3 is 0 Å². The first-order valence-corrected chi connectivity index (χ1v) is 6.17. The summed E-state index contributed by atoms with van der Waals surface area (Å²) in [7, 11) is 0. The summed E-state index contributed by atoms with van der Waals surface area (Å²) in [6.07, 6.45) is 0. The van der Waals surface area contributed by atoms with Gasteiger partial charge in [0.2, 0.25) is 0 Å². The van der Waals surface area contributed by atoms with Crippen molar-refractivity contribution in [2.75, 3.05) is 0 Å². The second kappa shape index (κ2) is 4.85. The first-order chi connectivity index (χ1) is 7.70. The first-order valence-electron chi connectivity index (χ1n) is 4.50. The van der Waals surface area contributed by atoms with Crippen molar-refractivity contribution < 1.29 is 0 Å². The molecule has 1 aromatic heterocycles. The monoisotopic (exact) mass is 266 g/mol. The lowest BCUT2D eigenvalue weighted by Gasteiger charge is -2.01. The van der Waals surface area contributed by atoms with E-state index in [1.54, 1.807) is 0 Å². The van der Waals surface area contributed by atoms with Gasteiger partial charge in [-0.05, 0) is 30.8 Å². The highest BCUT2D eigenvalue weighted by molar-refractivity contribution is 7.78. The maximum atomic E-state index is 5.80. The van der Waals surface area contributed by atoms with E-state index in [1.807, 2.05) is 30.5 Å². The van der Waals surface area contributed by atoms with Crippen LogP contribution in [0.15, 0.2) is 28.6 Å². The molecule has 0 N–H and O–H groups in total. The smallest absolute Gasteiger partial charge is 0.184 e. The van der Waals surface area contributed by atoms with Crippen LogP contribution >= 0.6 is 35.2 Å². The molecule has 0 fully saturated rings. The molecule has 2 rings (SSSR count). The van der Waals surface area contributed by atoms with Crippen LogP contribution in [0.4, 0.5) is 5.69 Å². The Hall–Kier alpha value is -1.06. The van der Waals surface area contributed by atoms with Crippen molar-refractivity contribution in [2.24, 2.45) is 4.99 Å². The molecule has 1 aromatic carbocycles. The van der Waals surface area contributed by atoms with Crippen molar-refractivity contribution in [1.29, 1.82) is 0 Å². The summed E-state index contributed by atoms with van der Waals surface area (Å²) < 4.78 is 0.537. The number of nitrogens with zero attached hydrogens (tertiary/aromatic N) is 2. The van der Waals surface area contributed by atoms with Gasteiger partial charge in [0.05, 0.1) is 16.5 Å².